The average molecular weight is 203 g/mol. The van der Waals surface area contributed by atoms with E-state index in [0.717, 1.165) is 11.3 Å². The van der Waals surface area contributed by atoms with Crippen LogP contribution in [0.1, 0.15) is 5.56 Å². The van der Waals surface area contributed by atoms with Gasteiger partial charge in [0.25, 0.3) is 0 Å². The molecule has 1 aromatic carbocycles. The molecule has 1 nitrogen and oxygen atoms in total. The number of methoxy groups -OCH3 is 1. The van der Waals surface area contributed by atoms with Gasteiger partial charge in [-0.2, -0.15) is 0 Å². The minimum atomic E-state index is 0.682. The van der Waals surface area contributed by atoms with Crippen molar-refractivity contribution in [2.75, 3.05) is 13.4 Å². The lowest BCUT2D eigenvalue weighted by Crippen LogP contribution is -1.88. The molecule has 0 aliphatic carbocycles. The second kappa shape index (κ2) is 4.06. The SMILES string of the molecule is COc1c(C)cc(SC)cc1Cl. The van der Waals surface area contributed by atoms with Crippen molar-refractivity contribution in [1.82, 2.24) is 0 Å². The van der Waals surface area contributed by atoms with Crippen LogP contribution in [0, 0.1) is 6.92 Å². The van der Waals surface area contributed by atoms with E-state index in [-0.39, 0.29) is 0 Å². The molecule has 0 bridgehead atoms. The van der Waals surface area contributed by atoms with Crippen LogP contribution in [0.4, 0.5) is 0 Å². The molecule has 0 aromatic heterocycles. The predicted molar refractivity (Wildman–Crippen MR) is 54.5 cm³/mol. The maximum atomic E-state index is 5.98. The highest BCUT2D eigenvalue weighted by Crippen LogP contribution is 2.32. The number of ether oxygens (including phenoxy) is 1. The fourth-order valence-corrected chi connectivity index (χ4v) is 2.01. The van der Waals surface area contributed by atoms with E-state index in [1.54, 1.807) is 18.9 Å². The lowest BCUT2D eigenvalue weighted by molar-refractivity contribution is 0.411. The van der Waals surface area contributed by atoms with Crippen molar-refractivity contribution in [1.29, 1.82) is 0 Å². The van der Waals surface area contributed by atoms with Gasteiger partial charge in [-0.15, -0.1) is 11.8 Å². The fourth-order valence-electron chi connectivity index (χ4n) is 1.08. The minimum Gasteiger partial charge on any atom is -0.495 e. The molecular formula is C9H11ClOS. The Balaban J connectivity index is 3.18. The Morgan fingerprint density at radius 2 is 2.08 bits per heavy atom. The summed E-state index contributed by atoms with van der Waals surface area (Å²) in [5, 5.41) is 0.682. The molecule has 0 saturated carbocycles. The number of halogens is 1. The quantitative estimate of drug-likeness (QED) is 0.680. The van der Waals surface area contributed by atoms with Crippen molar-refractivity contribution in [3.63, 3.8) is 0 Å². The van der Waals surface area contributed by atoms with Crippen LogP contribution in [0.2, 0.25) is 5.02 Å². The van der Waals surface area contributed by atoms with E-state index in [1.165, 1.54) is 4.90 Å². The topological polar surface area (TPSA) is 9.23 Å². The average Bonchev–Trinajstić information content (AvgIpc) is 2.03. The fraction of sp³-hybridized carbons (Fsp3) is 0.333. The Labute approximate surface area is 82.1 Å². The summed E-state index contributed by atoms with van der Waals surface area (Å²) in [6.45, 7) is 1.99. The summed E-state index contributed by atoms with van der Waals surface area (Å²) < 4.78 is 5.13. The van der Waals surface area contributed by atoms with E-state index in [9.17, 15) is 0 Å². The molecule has 66 valence electrons. The van der Waals surface area contributed by atoms with Crippen LogP contribution in [-0.4, -0.2) is 13.4 Å². The zero-order valence-electron chi connectivity index (χ0n) is 7.35. The van der Waals surface area contributed by atoms with Gasteiger partial charge in [0.15, 0.2) is 0 Å². The first-order chi connectivity index (χ1) is 5.69. The van der Waals surface area contributed by atoms with Crippen molar-refractivity contribution in [2.24, 2.45) is 0 Å². The smallest absolute Gasteiger partial charge is 0.140 e. The number of rotatable bonds is 2. The standard InChI is InChI=1S/C9H11ClOS/c1-6-4-7(12-3)5-8(10)9(6)11-2/h4-5H,1-3H3. The Kier molecular flexibility index (Phi) is 3.29. The zero-order chi connectivity index (χ0) is 9.14. The molecule has 0 amide bonds. The van der Waals surface area contributed by atoms with E-state index in [1.807, 2.05) is 19.2 Å². The van der Waals surface area contributed by atoms with Gasteiger partial charge >= 0.3 is 0 Å². The lowest BCUT2D eigenvalue weighted by atomic mass is 10.2. The predicted octanol–water partition coefficient (Wildman–Crippen LogP) is 3.38. The van der Waals surface area contributed by atoms with Crippen molar-refractivity contribution in [3.05, 3.63) is 22.7 Å². The van der Waals surface area contributed by atoms with Gasteiger partial charge in [0, 0.05) is 4.90 Å². The third-order valence-electron chi connectivity index (χ3n) is 1.64. The molecule has 3 heteroatoms. The Morgan fingerprint density at radius 1 is 1.42 bits per heavy atom. The van der Waals surface area contributed by atoms with Gasteiger partial charge in [-0.3, -0.25) is 0 Å². The van der Waals surface area contributed by atoms with Gasteiger partial charge in [-0.1, -0.05) is 11.6 Å². The zero-order valence-corrected chi connectivity index (χ0v) is 8.92. The molecule has 1 aromatic rings. The highest BCUT2D eigenvalue weighted by Gasteiger charge is 2.05. The molecule has 0 heterocycles. The van der Waals surface area contributed by atoms with E-state index in [4.69, 9.17) is 16.3 Å². The molecule has 0 saturated heterocycles. The summed E-state index contributed by atoms with van der Waals surface area (Å²) in [6, 6.07) is 3.98. The molecule has 0 radical (unpaired) electrons. The maximum absolute atomic E-state index is 5.98. The summed E-state index contributed by atoms with van der Waals surface area (Å²) in [6.07, 6.45) is 2.03. The number of thioether (sulfide) groups is 1. The highest BCUT2D eigenvalue weighted by atomic mass is 35.5. The van der Waals surface area contributed by atoms with Crippen LogP contribution >= 0.6 is 23.4 Å². The molecule has 0 fully saturated rings. The first-order valence-electron chi connectivity index (χ1n) is 3.57. The Morgan fingerprint density at radius 3 is 2.50 bits per heavy atom. The number of aryl methyl sites for hydroxylation is 1. The van der Waals surface area contributed by atoms with Gasteiger partial charge in [-0.25, -0.2) is 0 Å². The molecule has 0 N–H and O–H groups in total. The number of hydrogen-bond acceptors (Lipinski definition) is 2. The molecule has 0 unspecified atom stereocenters. The van der Waals surface area contributed by atoms with E-state index in [0.29, 0.717) is 5.02 Å². The molecule has 0 aliphatic heterocycles. The van der Waals surface area contributed by atoms with Gasteiger partial charge < -0.3 is 4.74 Å². The minimum absolute atomic E-state index is 0.682. The third kappa shape index (κ3) is 1.87. The van der Waals surface area contributed by atoms with Gasteiger partial charge in [-0.05, 0) is 30.9 Å². The van der Waals surface area contributed by atoms with Crippen LogP contribution in [0.25, 0.3) is 0 Å². The summed E-state index contributed by atoms with van der Waals surface area (Å²) >= 11 is 7.65. The van der Waals surface area contributed by atoms with Crippen molar-refractivity contribution >= 4 is 23.4 Å². The monoisotopic (exact) mass is 202 g/mol. The summed E-state index contributed by atoms with van der Waals surface area (Å²) in [4.78, 5) is 1.17. The third-order valence-corrected chi connectivity index (χ3v) is 2.63. The van der Waals surface area contributed by atoms with E-state index < -0.39 is 0 Å². The largest absolute Gasteiger partial charge is 0.495 e. The van der Waals surface area contributed by atoms with Crippen LogP contribution in [0.3, 0.4) is 0 Å². The van der Waals surface area contributed by atoms with Crippen molar-refractivity contribution in [3.8, 4) is 5.75 Å². The van der Waals surface area contributed by atoms with Gasteiger partial charge in [0.05, 0.1) is 12.1 Å². The molecular weight excluding hydrogens is 192 g/mol. The lowest BCUT2D eigenvalue weighted by Gasteiger charge is -2.08. The summed E-state index contributed by atoms with van der Waals surface area (Å²) in [5.74, 6) is 0.773. The molecule has 12 heavy (non-hydrogen) atoms. The molecule has 0 atom stereocenters. The first kappa shape index (κ1) is 9.75. The molecule has 0 spiro atoms. The number of hydrogen-bond donors (Lipinski definition) is 0. The highest BCUT2D eigenvalue weighted by molar-refractivity contribution is 7.98. The van der Waals surface area contributed by atoms with E-state index >= 15 is 0 Å². The molecule has 1 rings (SSSR count). The van der Waals surface area contributed by atoms with Crippen LogP contribution in [0.5, 0.6) is 5.75 Å². The Hall–Kier alpha value is -0.340. The first-order valence-corrected chi connectivity index (χ1v) is 5.17. The molecule has 0 aliphatic rings. The van der Waals surface area contributed by atoms with Gasteiger partial charge in [0.1, 0.15) is 5.75 Å². The Bertz CT molecular complexity index is 263. The van der Waals surface area contributed by atoms with Crippen LogP contribution < -0.4 is 4.74 Å². The second-order valence-corrected chi connectivity index (χ2v) is 3.75. The second-order valence-electron chi connectivity index (χ2n) is 2.46. The van der Waals surface area contributed by atoms with Crippen LogP contribution in [-0.2, 0) is 0 Å². The van der Waals surface area contributed by atoms with Crippen LogP contribution in [0.15, 0.2) is 17.0 Å². The number of benzene rings is 1. The van der Waals surface area contributed by atoms with E-state index in [2.05, 4.69) is 6.07 Å². The van der Waals surface area contributed by atoms with Gasteiger partial charge in [0.2, 0.25) is 0 Å². The summed E-state index contributed by atoms with van der Waals surface area (Å²) in [5.41, 5.74) is 1.08. The normalized spacial score (nSPS) is 10.0. The summed E-state index contributed by atoms with van der Waals surface area (Å²) in [7, 11) is 1.63. The van der Waals surface area contributed by atoms with Crippen molar-refractivity contribution in [2.45, 2.75) is 11.8 Å². The maximum Gasteiger partial charge on any atom is 0.140 e. The van der Waals surface area contributed by atoms with Crippen molar-refractivity contribution < 1.29 is 4.74 Å².